The first-order chi connectivity index (χ1) is 7.75. The second-order valence-corrected chi connectivity index (χ2v) is 3.98. The van der Waals surface area contributed by atoms with E-state index in [0.717, 1.165) is 0 Å². The number of amides is 1. The Labute approximate surface area is 96.7 Å². The molecule has 0 radical (unpaired) electrons. The van der Waals surface area contributed by atoms with Crippen LogP contribution in [0.1, 0.15) is 5.01 Å². The summed E-state index contributed by atoms with van der Waals surface area (Å²) in [4.78, 5) is 14.4. The molecule has 1 N–H and O–H groups in total. The SMILES string of the molecule is O=C(NCCc1nccs1)C(F)(F)C(F)(F)F. The van der Waals surface area contributed by atoms with E-state index < -0.39 is 18.0 Å². The van der Waals surface area contributed by atoms with Crippen LogP contribution in [0.25, 0.3) is 0 Å². The van der Waals surface area contributed by atoms with Gasteiger partial charge in [0, 0.05) is 24.5 Å². The quantitative estimate of drug-likeness (QED) is 0.853. The Bertz CT molecular complexity index is 376. The van der Waals surface area contributed by atoms with E-state index in [0.29, 0.717) is 5.01 Å². The van der Waals surface area contributed by atoms with Crippen molar-refractivity contribution >= 4 is 17.2 Å². The number of carbonyl (C=O) groups is 1. The topological polar surface area (TPSA) is 42.0 Å². The number of halogens is 5. The van der Waals surface area contributed by atoms with Crippen LogP contribution in [0.15, 0.2) is 11.6 Å². The molecule has 0 aromatic carbocycles. The van der Waals surface area contributed by atoms with Gasteiger partial charge in [0.2, 0.25) is 0 Å². The predicted octanol–water partition coefficient (Wildman–Crippen LogP) is 2.00. The first kappa shape index (κ1) is 13.8. The van der Waals surface area contributed by atoms with Crippen molar-refractivity contribution in [3.63, 3.8) is 0 Å². The van der Waals surface area contributed by atoms with Crippen molar-refractivity contribution in [2.24, 2.45) is 0 Å². The van der Waals surface area contributed by atoms with Gasteiger partial charge in [-0.1, -0.05) is 0 Å². The molecule has 0 fully saturated rings. The van der Waals surface area contributed by atoms with Gasteiger partial charge in [0.15, 0.2) is 0 Å². The lowest BCUT2D eigenvalue weighted by atomic mass is 10.3. The maximum atomic E-state index is 12.4. The molecule has 17 heavy (non-hydrogen) atoms. The normalized spacial score (nSPS) is 12.5. The fraction of sp³-hybridized carbons (Fsp3) is 0.500. The molecular weight excluding hydrogens is 267 g/mol. The molecule has 0 saturated carbocycles. The van der Waals surface area contributed by atoms with Crippen LogP contribution in [0.3, 0.4) is 0 Å². The van der Waals surface area contributed by atoms with Gasteiger partial charge in [-0.15, -0.1) is 11.3 Å². The Kier molecular flexibility index (Phi) is 4.02. The van der Waals surface area contributed by atoms with Crippen LogP contribution in [-0.4, -0.2) is 29.5 Å². The minimum atomic E-state index is -5.88. The zero-order valence-electron chi connectivity index (χ0n) is 8.22. The molecule has 1 amide bonds. The lowest BCUT2D eigenvalue weighted by molar-refractivity contribution is -0.269. The molecule has 0 spiro atoms. The van der Waals surface area contributed by atoms with Crippen molar-refractivity contribution in [2.45, 2.75) is 18.5 Å². The molecule has 0 unspecified atom stereocenters. The maximum absolute atomic E-state index is 12.4. The van der Waals surface area contributed by atoms with E-state index in [1.165, 1.54) is 22.9 Å². The molecule has 1 aromatic heterocycles. The summed E-state index contributed by atoms with van der Waals surface area (Å²) in [6.45, 7) is -0.321. The van der Waals surface area contributed by atoms with Crippen molar-refractivity contribution in [1.82, 2.24) is 10.3 Å². The molecule has 0 aliphatic heterocycles. The van der Waals surface area contributed by atoms with Crippen LogP contribution in [0, 0.1) is 0 Å². The minimum absolute atomic E-state index is 0.108. The van der Waals surface area contributed by atoms with E-state index in [-0.39, 0.29) is 13.0 Å². The lowest BCUT2D eigenvalue weighted by Gasteiger charge is -2.18. The monoisotopic (exact) mass is 274 g/mol. The summed E-state index contributed by atoms with van der Waals surface area (Å²) in [7, 11) is 0. The van der Waals surface area contributed by atoms with E-state index in [4.69, 9.17) is 0 Å². The van der Waals surface area contributed by atoms with Gasteiger partial charge in [-0.2, -0.15) is 22.0 Å². The summed E-state index contributed by atoms with van der Waals surface area (Å²) < 4.78 is 60.2. The second kappa shape index (κ2) is 4.94. The molecule has 0 atom stereocenters. The smallest absolute Gasteiger partial charge is 0.350 e. The van der Waals surface area contributed by atoms with Gasteiger partial charge >= 0.3 is 12.1 Å². The van der Waals surface area contributed by atoms with Gasteiger partial charge in [-0.25, -0.2) is 4.98 Å². The highest BCUT2D eigenvalue weighted by Gasteiger charge is 2.63. The average molecular weight is 274 g/mol. The number of nitrogens with one attached hydrogen (secondary N) is 1. The largest absolute Gasteiger partial charge is 0.463 e. The van der Waals surface area contributed by atoms with Crippen LogP contribution in [-0.2, 0) is 11.2 Å². The van der Waals surface area contributed by atoms with Crippen LogP contribution in [0.2, 0.25) is 0 Å². The minimum Gasteiger partial charge on any atom is -0.350 e. The summed E-state index contributed by atoms with van der Waals surface area (Å²) >= 11 is 1.22. The highest BCUT2D eigenvalue weighted by molar-refractivity contribution is 7.09. The average Bonchev–Trinajstić information content (AvgIpc) is 2.68. The molecule has 1 rings (SSSR count). The number of hydrogen-bond acceptors (Lipinski definition) is 3. The van der Waals surface area contributed by atoms with Gasteiger partial charge in [0.25, 0.3) is 5.91 Å². The first-order valence-electron chi connectivity index (χ1n) is 4.36. The highest BCUT2D eigenvalue weighted by atomic mass is 32.1. The van der Waals surface area contributed by atoms with Gasteiger partial charge in [-0.05, 0) is 0 Å². The van der Waals surface area contributed by atoms with E-state index in [2.05, 4.69) is 4.98 Å². The molecule has 96 valence electrons. The number of aromatic nitrogens is 1. The van der Waals surface area contributed by atoms with Crippen molar-refractivity contribution in [3.8, 4) is 0 Å². The second-order valence-electron chi connectivity index (χ2n) is 3.00. The Hall–Kier alpha value is -1.25. The molecule has 1 heterocycles. The fourth-order valence-electron chi connectivity index (χ4n) is 0.899. The lowest BCUT2D eigenvalue weighted by Crippen LogP contribution is -2.50. The summed E-state index contributed by atoms with van der Waals surface area (Å²) in [5.41, 5.74) is 0. The standard InChI is InChI=1S/C8H7F5N2OS/c9-7(10,8(11,12)13)6(16)15-2-1-5-14-3-4-17-5/h3-4H,1-2H2,(H,15,16). The molecule has 0 aliphatic rings. The Balaban J connectivity index is 2.45. The number of nitrogens with zero attached hydrogens (tertiary/aromatic N) is 1. The molecule has 0 aliphatic carbocycles. The van der Waals surface area contributed by atoms with Crippen LogP contribution < -0.4 is 5.32 Å². The number of carbonyl (C=O) groups excluding carboxylic acids is 1. The predicted molar refractivity (Wildman–Crippen MR) is 49.8 cm³/mol. The van der Waals surface area contributed by atoms with Gasteiger partial charge in [-0.3, -0.25) is 4.79 Å². The van der Waals surface area contributed by atoms with E-state index >= 15 is 0 Å². The first-order valence-corrected chi connectivity index (χ1v) is 5.24. The summed E-state index contributed by atoms with van der Waals surface area (Å²) in [6.07, 6.45) is -4.30. The zero-order valence-corrected chi connectivity index (χ0v) is 9.04. The zero-order chi connectivity index (χ0) is 13.1. The Morgan fingerprint density at radius 3 is 2.47 bits per heavy atom. The summed E-state index contributed by atoms with van der Waals surface area (Å²) in [6, 6.07) is 0. The van der Waals surface area contributed by atoms with Crippen molar-refractivity contribution < 1.29 is 26.7 Å². The van der Waals surface area contributed by atoms with E-state index in [9.17, 15) is 26.7 Å². The molecule has 3 nitrogen and oxygen atoms in total. The van der Waals surface area contributed by atoms with E-state index in [1.807, 2.05) is 0 Å². The molecular formula is C8H7F5N2OS. The third kappa shape index (κ3) is 3.35. The van der Waals surface area contributed by atoms with Gasteiger partial charge < -0.3 is 5.32 Å². The van der Waals surface area contributed by atoms with Crippen LogP contribution in [0.5, 0.6) is 0 Å². The number of hydrogen-bond donors (Lipinski definition) is 1. The number of thiazole rings is 1. The highest BCUT2D eigenvalue weighted by Crippen LogP contribution is 2.35. The van der Waals surface area contributed by atoms with Crippen LogP contribution in [0.4, 0.5) is 22.0 Å². The van der Waals surface area contributed by atoms with Crippen LogP contribution >= 0.6 is 11.3 Å². The maximum Gasteiger partial charge on any atom is 0.463 e. The van der Waals surface area contributed by atoms with Crippen molar-refractivity contribution in [3.05, 3.63) is 16.6 Å². The summed E-state index contributed by atoms with van der Waals surface area (Å²) in [5, 5.41) is 3.69. The number of rotatable bonds is 4. The van der Waals surface area contributed by atoms with E-state index in [1.54, 1.807) is 5.38 Å². The van der Waals surface area contributed by atoms with Gasteiger partial charge in [0.05, 0.1) is 5.01 Å². The van der Waals surface area contributed by atoms with Crippen molar-refractivity contribution in [2.75, 3.05) is 6.54 Å². The Morgan fingerprint density at radius 2 is 2.00 bits per heavy atom. The molecule has 1 aromatic rings. The fourth-order valence-corrected chi connectivity index (χ4v) is 1.52. The third-order valence-electron chi connectivity index (χ3n) is 1.75. The molecule has 9 heteroatoms. The third-order valence-corrected chi connectivity index (χ3v) is 2.59. The Morgan fingerprint density at radius 1 is 1.35 bits per heavy atom. The van der Waals surface area contributed by atoms with Crippen molar-refractivity contribution in [1.29, 1.82) is 0 Å². The summed E-state index contributed by atoms with van der Waals surface area (Å²) in [5.74, 6) is -7.71. The number of alkyl halides is 5. The molecule has 0 saturated heterocycles. The molecule has 0 bridgehead atoms. The van der Waals surface area contributed by atoms with Gasteiger partial charge in [0.1, 0.15) is 0 Å².